The number of hydrogen-bond donors (Lipinski definition) is 3. The number of aromatic nitrogens is 1. The van der Waals surface area contributed by atoms with Crippen molar-refractivity contribution in [1.82, 2.24) is 15.2 Å². The summed E-state index contributed by atoms with van der Waals surface area (Å²) in [6.07, 6.45) is 1.40. The van der Waals surface area contributed by atoms with Crippen LogP contribution in [0.1, 0.15) is 11.1 Å². The van der Waals surface area contributed by atoms with Crippen molar-refractivity contribution in [1.29, 1.82) is 0 Å². The summed E-state index contributed by atoms with van der Waals surface area (Å²) in [6.45, 7) is -0.151. The van der Waals surface area contributed by atoms with E-state index >= 15 is 0 Å². The number of rotatable bonds is 8. The molecule has 0 aliphatic heterocycles. The Morgan fingerprint density at radius 3 is 2.53 bits per heavy atom. The molecule has 1 heterocycles. The van der Waals surface area contributed by atoms with Crippen molar-refractivity contribution < 1.29 is 19.1 Å². The zero-order valence-corrected chi connectivity index (χ0v) is 16.6. The summed E-state index contributed by atoms with van der Waals surface area (Å²) < 4.78 is 5.19. The third-order valence-corrected chi connectivity index (χ3v) is 4.68. The van der Waals surface area contributed by atoms with E-state index < -0.39 is 23.9 Å². The summed E-state index contributed by atoms with van der Waals surface area (Å²) in [5, 5.41) is 3.56. The van der Waals surface area contributed by atoms with Crippen molar-refractivity contribution >= 4 is 28.8 Å². The maximum Gasteiger partial charge on any atom is 0.410 e. The lowest BCUT2D eigenvalue weighted by Gasteiger charge is -2.19. The van der Waals surface area contributed by atoms with E-state index in [4.69, 9.17) is 10.5 Å². The lowest BCUT2D eigenvalue weighted by molar-refractivity contribution is -0.127. The van der Waals surface area contributed by atoms with Gasteiger partial charge in [-0.15, -0.1) is 0 Å². The standard InChI is InChI=1S/C22H24N4O4/c1-26(22(29)30-14-15-7-3-2-4-8-15)13-20(27)25-19(21(23)28)11-16-12-24-18-10-6-5-9-17(16)18/h2-10,12,19,24H,11,13-14H2,1H3,(H2,23,28)(H,25,27)/t19-/m0/s1. The first-order chi connectivity index (χ1) is 14.4. The van der Waals surface area contributed by atoms with Crippen molar-refractivity contribution in [3.05, 3.63) is 71.9 Å². The summed E-state index contributed by atoms with van der Waals surface area (Å²) in [4.78, 5) is 40.6. The van der Waals surface area contributed by atoms with Crippen LogP contribution in [0.15, 0.2) is 60.8 Å². The number of nitrogens with zero attached hydrogens (tertiary/aromatic N) is 1. The number of primary amides is 1. The fraction of sp³-hybridized carbons (Fsp3) is 0.227. The highest BCUT2D eigenvalue weighted by Gasteiger charge is 2.22. The van der Waals surface area contributed by atoms with Crippen LogP contribution in [0, 0.1) is 0 Å². The van der Waals surface area contributed by atoms with Crippen LogP contribution in [-0.4, -0.2) is 47.4 Å². The topological polar surface area (TPSA) is 118 Å². The zero-order valence-electron chi connectivity index (χ0n) is 16.6. The second-order valence-corrected chi connectivity index (χ2v) is 6.98. The fourth-order valence-corrected chi connectivity index (χ4v) is 3.09. The lowest BCUT2D eigenvalue weighted by Crippen LogP contribution is -2.49. The largest absolute Gasteiger partial charge is 0.445 e. The molecule has 30 heavy (non-hydrogen) atoms. The lowest BCUT2D eigenvalue weighted by atomic mass is 10.0. The molecule has 0 saturated carbocycles. The molecule has 3 aromatic rings. The molecule has 4 N–H and O–H groups in total. The molecule has 8 nitrogen and oxygen atoms in total. The van der Waals surface area contributed by atoms with Crippen LogP contribution in [0.25, 0.3) is 10.9 Å². The van der Waals surface area contributed by atoms with Gasteiger partial charge in [0.15, 0.2) is 0 Å². The number of nitrogens with one attached hydrogen (secondary N) is 2. The Bertz CT molecular complexity index is 1030. The Hall–Kier alpha value is -3.81. The number of hydrogen-bond acceptors (Lipinski definition) is 4. The minimum atomic E-state index is -0.898. The van der Waals surface area contributed by atoms with E-state index in [2.05, 4.69) is 10.3 Å². The van der Waals surface area contributed by atoms with Gasteiger partial charge >= 0.3 is 6.09 Å². The normalized spacial score (nSPS) is 11.6. The van der Waals surface area contributed by atoms with Crippen LogP contribution in [0.4, 0.5) is 4.79 Å². The molecule has 0 spiro atoms. The highest BCUT2D eigenvalue weighted by atomic mass is 16.6. The molecule has 1 aromatic heterocycles. The second kappa shape index (κ2) is 9.60. The number of H-pyrrole nitrogens is 1. The van der Waals surface area contributed by atoms with E-state index in [1.807, 2.05) is 54.6 Å². The van der Waals surface area contributed by atoms with Crippen LogP contribution >= 0.6 is 0 Å². The van der Waals surface area contributed by atoms with E-state index in [1.165, 1.54) is 7.05 Å². The molecule has 0 aliphatic carbocycles. The number of nitrogens with two attached hydrogens (primary N) is 1. The van der Waals surface area contributed by atoms with Crippen LogP contribution in [-0.2, 0) is 27.4 Å². The molecular weight excluding hydrogens is 384 g/mol. The number of carbonyl (C=O) groups is 3. The molecule has 0 bridgehead atoms. The number of ether oxygens (including phenoxy) is 1. The van der Waals surface area contributed by atoms with Crippen LogP contribution in [0.5, 0.6) is 0 Å². The number of likely N-dealkylation sites (N-methyl/N-ethyl adjacent to an activating group) is 1. The molecule has 156 valence electrons. The van der Waals surface area contributed by atoms with Gasteiger partial charge in [-0.1, -0.05) is 48.5 Å². The Morgan fingerprint density at radius 2 is 1.80 bits per heavy atom. The molecule has 0 unspecified atom stereocenters. The Labute approximate surface area is 174 Å². The van der Waals surface area contributed by atoms with E-state index in [0.717, 1.165) is 26.9 Å². The van der Waals surface area contributed by atoms with Gasteiger partial charge in [-0.25, -0.2) is 4.79 Å². The molecule has 0 aliphatic rings. The molecule has 8 heteroatoms. The van der Waals surface area contributed by atoms with Gasteiger partial charge in [0.05, 0.1) is 0 Å². The molecule has 0 saturated heterocycles. The molecule has 0 fully saturated rings. The minimum absolute atomic E-state index is 0.107. The highest BCUT2D eigenvalue weighted by molar-refractivity contribution is 5.90. The van der Waals surface area contributed by atoms with Crippen LogP contribution in [0.2, 0.25) is 0 Å². The van der Waals surface area contributed by atoms with Crippen molar-refractivity contribution in [2.24, 2.45) is 5.73 Å². The number of aromatic amines is 1. The van der Waals surface area contributed by atoms with Gasteiger partial charge in [0.1, 0.15) is 19.2 Å². The monoisotopic (exact) mass is 408 g/mol. The average molecular weight is 408 g/mol. The molecule has 3 amide bonds. The summed E-state index contributed by atoms with van der Waals surface area (Å²) in [5.41, 5.74) is 8.12. The molecule has 0 radical (unpaired) electrons. The van der Waals surface area contributed by atoms with E-state index in [1.54, 1.807) is 6.20 Å². The maximum absolute atomic E-state index is 12.4. The Kier molecular flexibility index (Phi) is 6.69. The average Bonchev–Trinajstić information content (AvgIpc) is 3.15. The van der Waals surface area contributed by atoms with E-state index in [0.29, 0.717) is 0 Å². The van der Waals surface area contributed by atoms with Gasteiger partial charge in [0.2, 0.25) is 11.8 Å². The van der Waals surface area contributed by atoms with Gasteiger partial charge in [0.25, 0.3) is 0 Å². The third kappa shape index (κ3) is 5.38. The van der Waals surface area contributed by atoms with Gasteiger partial charge in [-0.3, -0.25) is 9.59 Å². The summed E-state index contributed by atoms with van der Waals surface area (Å²) >= 11 is 0. The number of para-hydroxylation sites is 1. The van der Waals surface area contributed by atoms with Crippen molar-refractivity contribution in [2.75, 3.05) is 13.6 Å². The first-order valence-electron chi connectivity index (χ1n) is 9.49. The van der Waals surface area contributed by atoms with Gasteiger partial charge in [-0.05, 0) is 17.2 Å². The Morgan fingerprint density at radius 1 is 1.10 bits per heavy atom. The molecular formula is C22H24N4O4. The number of benzene rings is 2. The first kappa shape index (κ1) is 20.9. The Balaban J connectivity index is 1.54. The van der Waals surface area contributed by atoms with Gasteiger partial charge in [0, 0.05) is 30.6 Å². The van der Waals surface area contributed by atoms with Crippen LogP contribution in [0.3, 0.4) is 0 Å². The van der Waals surface area contributed by atoms with Crippen molar-refractivity contribution in [2.45, 2.75) is 19.1 Å². The molecule has 2 aromatic carbocycles. The number of fused-ring (bicyclic) bond motifs is 1. The predicted octanol–water partition coefficient (Wildman–Crippen LogP) is 1.95. The highest BCUT2D eigenvalue weighted by Crippen LogP contribution is 2.19. The third-order valence-electron chi connectivity index (χ3n) is 4.68. The zero-order chi connectivity index (χ0) is 21.5. The SMILES string of the molecule is CN(CC(=O)N[C@@H](Cc1c[nH]c2ccccc12)C(N)=O)C(=O)OCc1ccccc1. The molecule has 3 rings (SSSR count). The molecule has 1 atom stereocenters. The number of carbonyl (C=O) groups excluding carboxylic acids is 3. The predicted molar refractivity (Wildman–Crippen MR) is 112 cm³/mol. The van der Waals surface area contributed by atoms with Gasteiger partial charge in [-0.2, -0.15) is 0 Å². The first-order valence-corrected chi connectivity index (χ1v) is 9.49. The smallest absolute Gasteiger partial charge is 0.410 e. The van der Waals surface area contributed by atoms with Crippen molar-refractivity contribution in [3.8, 4) is 0 Å². The van der Waals surface area contributed by atoms with E-state index in [9.17, 15) is 14.4 Å². The quantitative estimate of drug-likeness (QED) is 0.528. The van der Waals surface area contributed by atoms with Gasteiger partial charge < -0.3 is 25.7 Å². The summed E-state index contributed by atoms with van der Waals surface area (Å²) in [6, 6.07) is 16.0. The van der Waals surface area contributed by atoms with Crippen molar-refractivity contribution in [3.63, 3.8) is 0 Å². The summed E-state index contributed by atoms with van der Waals surface area (Å²) in [5.74, 6) is -1.15. The summed E-state index contributed by atoms with van der Waals surface area (Å²) in [7, 11) is 1.45. The fourth-order valence-electron chi connectivity index (χ4n) is 3.09. The maximum atomic E-state index is 12.4. The van der Waals surface area contributed by atoms with E-state index in [-0.39, 0.29) is 19.6 Å². The minimum Gasteiger partial charge on any atom is -0.445 e. The number of amides is 3. The second-order valence-electron chi connectivity index (χ2n) is 6.98. The van der Waals surface area contributed by atoms with Crippen LogP contribution < -0.4 is 11.1 Å².